The van der Waals surface area contributed by atoms with Crippen LogP contribution in [-0.4, -0.2) is 0 Å². The summed E-state index contributed by atoms with van der Waals surface area (Å²) in [7, 11) is 0. The maximum atomic E-state index is 12.9. The first kappa shape index (κ1) is 9.74. The Morgan fingerprint density at radius 3 is 2.64 bits per heavy atom. The average Bonchev–Trinajstić information content (AvgIpc) is 1.99. The monoisotopic (exact) mass is 348 g/mol. The lowest BCUT2D eigenvalue weighted by Gasteiger charge is -2.03. The van der Waals surface area contributed by atoms with E-state index in [1.165, 1.54) is 6.07 Å². The zero-order chi connectivity index (χ0) is 8.43. The minimum absolute atomic E-state index is 0.212. The zero-order valence-corrected chi connectivity index (χ0v) is 9.87. The van der Waals surface area contributed by atoms with Gasteiger partial charge in [0, 0.05) is 13.6 Å². The molecule has 0 unspecified atom stereocenters. The number of halogens is 4. The lowest BCUT2D eigenvalue weighted by Crippen LogP contribution is -1.91. The van der Waals surface area contributed by atoms with Crippen LogP contribution in [0, 0.1) is 9.39 Å². The highest BCUT2D eigenvalue weighted by molar-refractivity contribution is 14.1. The molecule has 0 amide bonds. The molecule has 0 aliphatic carbocycles. The summed E-state index contributed by atoms with van der Waals surface area (Å²) in [6, 6.07) is 3.08. The summed E-state index contributed by atoms with van der Waals surface area (Å²) in [6.45, 7) is 0. The SMILES string of the molecule is Fc1ccc(Br)c(I)c1CCl. The molecule has 0 aliphatic rings. The molecular weight excluding hydrogens is 345 g/mol. The van der Waals surface area contributed by atoms with Crippen molar-refractivity contribution in [2.45, 2.75) is 5.88 Å². The maximum Gasteiger partial charge on any atom is 0.128 e. The topological polar surface area (TPSA) is 0 Å². The third-order valence-electron chi connectivity index (χ3n) is 1.27. The fraction of sp³-hybridized carbons (Fsp3) is 0.143. The summed E-state index contributed by atoms with van der Waals surface area (Å²) in [6.07, 6.45) is 0. The first-order valence-electron chi connectivity index (χ1n) is 2.85. The Hall–Kier alpha value is 0.650. The normalized spacial score (nSPS) is 10.2. The predicted octanol–water partition coefficient (Wildman–Crippen LogP) is 3.93. The van der Waals surface area contributed by atoms with Crippen molar-refractivity contribution in [3.8, 4) is 0 Å². The molecule has 60 valence electrons. The van der Waals surface area contributed by atoms with Crippen molar-refractivity contribution < 1.29 is 4.39 Å². The molecule has 1 aromatic carbocycles. The van der Waals surface area contributed by atoms with Crippen LogP contribution in [0.1, 0.15) is 5.56 Å². The van der Waals surface area contributed by atoms with Crippen LogP contribution in [0.3, 0.4) is 0 Å². The quantitative estimate of drug-likeness (QED) is 0.409. The highest BCUT2D eigenvalue weighted by Crippen LogP contribution is 2.25. The van der Waals surface area contributed by atoms with Crippen molar-refractivity contribution in [2.24, 2.45) is 0 Å². The summed E-state index contributed by atoms with van der Waals surface area (Å²) in [5.41, 5.74) is 0.557. The van der Waals surface area contributed by atoms with Crippen molar-refractivity contribution in [3.05, 3.63) is 31.6 Å². The Kier molecular flexibility index (Phi) is 3.58. The van der Waals surface area contributed by atoms with Crippen LogP contribution >= 0.6 is 50.1 Å². The molecule has 0 fully saturated rings. The molecular formula is C7H4BrClFI. The molecule has 11 heavy (non-hydrogen) atoms. The summed E-state index contributed by atoms with van der Waals surface area (Å²) >= 11 is 10.9. The standard InChI is InChI=1S/C7H4BrClFI/c8-5-1-2-6(10)4(3-9)7(5)11/h1-2H,3H2. The summed E-state index contributed by atoms with van der Waals surface area (Å²) in [5, 5.41) is 0. The number of benzene rings is 1. The third-order valence-corrected chi connectivity index (χ3v) is 4.17. The number of rotatable bonds is 1. The number of hydrogen-bond acceptors (Lipinski definition) is 0. The van der Waals surface area contributed by atoms with Crippen LogP contribution in [0.4, 0.5) is 4.39 Å². The van der Waals surface area contributed by atoms with Crippen LogP contribution in [0.15, 0.2) is 16.6 Å². The van der Waals surface area contributed by atoms with E-state index in [0.717, 1.165) is 8.04 Å². The first-order chi connectivity index (χ1) is 5.16. The summed E-state index contributed by atoms with van der Waals surface area (Å²) in [4.78, 5) is 0. The van der Waals surface area contributed by atoms with E-state index in [2.05, 4.69) is 38.5 Å². The summed E-state index contributed by atoms with van der Waals surface area (Å²) < 4.78 is 14.7. The van der Waals surface area contributed by atoms with E-state index in [1.54, 1.807) is 6.07 Å². The second-order valence-electron chi connectivity index (χ2n) is 1.96. The number of hydrogen-bond donors (Lipinski definition) is 0. The largest absolute Gasteiger partial charge is 0.207 e. The highest BCUT2D eigenvalue weighted by atomic mass is 127. The van der Waals surface area contributed by atoms with Gasteiger partial charge < -0.3 is 0 Å². The van der Waals surface area contributed by atoms with E-state index < -0.39 is 0 Å². The number of alkyl halides is 1. The van der Waals surface area contributed by atoms with E-state index in [0.29, 0.717) is 5.56 Å². The van der Waals surface area contributed by atoms with E-state index in [1.807, 2.05) is 0 Å². The van der Waals surface area contributed by atoms with Gasteiger partial charge in [0.25, 0.3) is 0 Å². The van der Waals surface area contributed by atoms with Gasteiger partial charge in [0.1, 0.15) is 5.82 Å². The van der Waals surface area contributed by atoms with Gasteiger partial charge >= 0.3 is 0 Å². The fourth-order valence-corrected chi connectivity index (χ4v) is 2.18. The van der Waals surface area contributed by atoms with Gasteiger partial charge in [-0.15, -0.1) is 11.6 Å². The molecule has 0 N–H and O–H groups in total. The smallest absolute Gasteiger partial charge is 0.128 e. The Labute approximate surface area is 91.4 Å². The Morgan fingerprint density at radius 2 is 2.18 bits per heavy atom. The molecule has 0 saturated heterocycles. The molecule has 0 heterocycles. The molecule has 0 aliphatic heterocycles. The van der Waals surface area contributed by atoms with Gasteiger partial charge in [0.15, 0.2) is 0 Å². The van der Waals surface area contributed by atoms with Gasteiger partial charge in [-0.25, -0.2) is 4.39 Å². The molecule has 0 nitrogen and oxygen atoms in total. The summed E-state index contributed by atoms with van der Waals surface area (Å²) in [5.74, 6) is -0.0311. The second-order valence-corrected chi connectivity index (χ2v) is 4.16. The Balaban J connectivity index is 3.29. The van der Waals surface area contributed by atoms with Crippen LogP contribution in [0.2, 0.25) is 0 Å². The van der Waals surface area contributed by atoms with E-state index >= 15 is 0 Å². The van der Waals surface area contributed by atoms with Crippen molar-refractivity contribution in [2.75, 3.05) is 0 Å². The molecule has 0 aromatic heterocycles. The van der Waals surface area contributed by atoms with Gasteiger partial charge in [-0.1, -0.05) is 0 Å². The lowest BCUT2D eigenvalue weighted by atomic mass is 10.2. The van der Waals surface area contributed by atoms with Crippen LogP contribution in [0.5, 0.6) is 0 Å². The molecule has 1 rings (SSSR count). The van der Waals surface area contributed by atoms with E-state index in [4.69, 9.17) is 11.6 Å². The van der Waals surface area contributed by atoms with Crippen molar-refractivity contribution >= 4 is 50.1 Å². The van der Waals surface area contributed by atoms with Crippen molar-refractivity contribution in [3.63, 3.8) is 0 Å². The van der Waals surface area contributed by atoms with Gasteiger partial charge in [0.2, 0.25) is 0 Å². The molecule has 0 spiro atoms. The molecule has 0 bridgehead atoms. The van der Waals surface area contributed by atoms with Crippen molar-refractivity contribution in [1.82, 2.24) is 0 Å². The lowest BCUT2D eigenvalue weighted by molar-refractivity contribution is 0.615. The Bertz CT molecular complexity index is 277. The molecule has 1 aromatic rings. The van der Waals surface area contributed by atoms with Gasteiger partial charge in [-0.3, -0.25) is 0 Å². The first-order valence-corrected chi connectivity index (χ1v) is 5.25. The van der Waals surface area contributed by atoms with Gasteiger partial charge in [0.05, 0.1) is 5.88 Å². The van der Waals surface area contributed by atoms with Crippen LogP contribution < -0.4 is 0 Å². The fourth-order valence-electron chi connectivity index (χ4n) is 0.692. The van der Waals surface area contributed by atoms with Crippen LogP contribution in [0.25, 0.3) is 0 Å². The molecule has 0 atom stereocenters. The van der Waals surface area contributed by atoms with E-state index in [-0.39, 0.29) is 11.7 Å². The van der Waals surface area contributed by atoms with Gasteiger partial charge in [-0.05, 0) is 50.7 Å². The molecule has 0 radical (unpaired) electrons. The minimum Gasteiger partial charge on any atom is -0.207 e. The van der Waals surface area contributed by atoms with Gasteiger partial charge in [-0.2, -0.15) is 0 Å². The predicted molar refractivity (Wildman–Crippen MR) is 56.4 cm³/mol. The highest BCUT2D eigenvalue weighted by Gasteiger charge is 2.07. The molecule has 4 heteroatoms. The maximum absolute atomic E-state index is 12.9. The van der Waals surface area contributed by atoms with E-state index in [9.17, 15) is 4.39 Å². The average molecular weight is 349 g/mol. The molecule has 0 saturated carbocycles. The second kappa shape index (κ2) is 4.05. The minimum atomic E-state index is -0.243. The zero-order valence-electron chi connectivity index (χ0n) is 5.37. The Morgan fingerprint density at radius 1 is 1.55 bits per heavy atom. The third kappa shape index (κ3) is 2.06. The van der Waals surface area contributed by atoms with Crippen LogP contribution in [-0.2, 0) is 5.88 Å². The van der Waals surface area contributed by atoms with Crippen molar-refractivity contribution in [1.29, 1.82) is 0 Å².